The predicted molar refractivity (Wildman–Crippen MR) is 66.6 cm³/mol. The van der Waals surface area contributed by atoms with Gasteiger partial charge in [-0.05, 0) is 24.3 Å². The van der Waals surface area contributed by atoms with Crippen molar-refractivity contribution in [1.29, 1.82) is 0 Å². The van der Waals surface area contributed by atoms with Crippen molar-refractivity contribution in [3.63, 3.8) is 0 Å². The van der Waals surface area contributed by atoms with Crippen LogP contribution in [0.15, 0.2) is 48.8 Å². The van der Waals surface area contributed by atoms with Gasteiger partial charge >= 0.3 is 0 Å². The van der Waals surface area contributed by atoms with Crippen LogP contribution in [0.25, 0.3) is 0 Å². The van der Waals surface area contributed by atoms with Crippen molar-refractivity contribution in [2.45, 2.75) is 0 Å². The van der Waals surface area contributed by atoms with Crippen LogP contribution in [0.3, 0.4) is 0 Å². The summed E-state index contributed by atoms with van der Waals surface area (Å²) < 4.78 is 5.64. The normalized spacial score (nSPS) is 9.75. The maximum atomic E-state index is 5.64. The predicted octanol–water partition coefficient (Wildman–Crippen LogP) is 2.51. The number of ether oxygens (including phenoxy) is 1. The molecule has 1 aromatic carbocycles. The molecule has 0 atom stereocenters. The van der Waals surface area contributed by atoms with E-state index in [1.54, 1.807) is 18.5 Å². The lowest BCUT2D eigenvalue weighted by Crippen LogP contribution is -2.10. The van der Waals surface area contributed by atoms with E-state index in [9.17, 15) is 0 Å². The maximum Gasteiger partial charge on any atom is 0.145 e. The van der Waals surface area contributed by atoms with Crippen LogP contribution in [-0.2, 0) is 0 Å². The van der Waals surface area contributed by atoms with Gasteiger partial charge in [0.15, 0.2) is 0 Å². The highest BCUT2D eigenvalue weighted by Gasteiger charge is 2.05. The van der Waals surface area contributed by atoms with Gasteiger partial charge in [-0.1, -0.05) is 24.4 Å². The largest absolute Gasteiger partial charge is 0.455 e. The molecule has 0 bridgehead atoms. The van der Waals surface area contributed by atoms with Gasteiger partial charge in [0.2, 0.25) is 0 Å². The van der Waals surface area contributed by atoms with E-state index >= 15 is 0 Å². The van der Waals surface area contributed by atoms with Crippen molar-refractivity contribution in [2.24, 2.45) is 5.73 Å². The molecule has 2 aromatic rings. The average molecular weight is 230 g/mol. The third-order valence-corrected chi connectivity index (χ3v) is 2.23. The number of nitrogens with two attached hydrogens (primary N) is 1. The van der Waals surface area contributed by atoms with Gasteiger partial charge in [0.05, 0.1) is 11.8 Å². The summed E-state index contributed by atoms with van der Waals surface area (Å²) in [4.78, 5) is 4.29. The minimum absolute atomic E-state index is 0.319. The van der Waals surface area contributed by atoms with Crippen LogP contribution in [0.5, 0.6) is 11.5 Å². The van der Waals surface area contributed by atoms with Crippen molar-refractivity contribution in [1.82, 2.24) is 4.98 Å². The van der Waals surface area contributed by atoms with Crippen molar-refractivity contribution in [2.75, 3.05) is 0 Å². The highest BCUT2D eigenvalue weighted by Crippen LogP contribution is 2.24. The van der Waals surface area contributed by atoms with Gasteiger partial charge in [0.25, 0.3) is 0 Å². The molecule has 3 nitrogen and oxygen atoms in total. The van der Waals surface area contributed by atoms with Gasteiger partial charge in [0.1, 0.15) is 16.5 Å². The Morgan fingerprint density at radius 2 is 2.00 bits per heavy atom. The first-order valence-electron chi connectivity index (χ1n) is 4.74. The highest BCUT2D eigenvalue weighted by molar-refractivity contribution is 7.80. The monoisotopic (exact) mass is 230 g/mol. The molecule has 4 heteroatoms. The smallest absolute Gasteiger partial charge is 0.145 e. The summed E-state index contributed by atoms with van der Waals surface area (Å²) in [5.74, 6) is 1.30. The summed E-state index contributed by atoms with van der Waals surface area (Å²) >= 11 is 4.95. The summed E-state index contributed by atoms with van der Waals surface area (Å²) in [6, 6.07) is 11.0. The second kappa shape index (κ2) is 4.72. The molecule has 1 aromatic heterocycles. The zero-order valence-corrected chi connectivity index (χ0v) is 9.28. The van der Waals surface area contributed by atoms with Crippen LogP contribution in [0.4, 0.5) is 0 Å². The molecule has 0 saturated heterocycles. The van der Waals surface area contributed by atoms with Gasteiger partial charge in [-0.25, -0.2) is 0 Å². The summed E-state index contributed by atoms with van der Waals surface area (Å²) in [7, 11) is 0. The number of hydrogen-bond acceptors (Lipinski definition) is 3. The number of aromatic nitrogens is 1. The zero-order chi connectivity index (χ0) is 11.4. The molecular weight excluding hydrogens is 220 g/mol. The Morgan fingerprint density at radius 3 is 2.69 bits per heavy atom. The molecule has 0 amide bonds. The fourth-order valence-corrected chi connectivity index (χ4v) is 1.46. The van der Waals surface area contributed by atoms with Crippen molar-refractivity contribution >= 4 is 17.2 Å². The van der Waals surface area contributed by atoms with E-state index in [2.05, 4.69) is 4.98 Å². The number of benzene rings is 1. The average Bonchev–Trinajstić information content (AvgIpc) is 2.31. The lowest BCUT2D eigenvalue weighted by atomic mass is 10.2. The van der Waals surface area contributed by atoms with E-state index in [0.29, 0.717) is 16.5 Å². The minimum atomic E-state index is 0.319. The number of para-hydroxylation sites is 1. The Kier molecular flexibility index (Phi) is 3.12. The van der Waals surface area contributed by atoms with Gasteiger partial charge < -0.3 is 10.5 Å². The number of pyridine rings is 1. The number of nitrogens with zero attached hydrogens (tertiary/aromatic N) is 1. The van der Waals surface area contributed by atoms with Crippen LogP contribution in [-0.4, -0.2) is 9.97 Å². The van der Waals surface area contributed by atoms with E-state index in [1.165, 1.54) is 0 Å². The highest BCUT2D eigenvalue weighted by atomic mass is 32.1. The van der Waals surface area contributed by atoms with Crippen molar-refractivity contribution < 1.29 is 4.74 Å². The molecule has 0 radical (unpaired) electrons. The Bertz CT molecular complexity index is 499. The third kappa shape index (κ3) is 2.35. The van der Waals surface area contributed by atoms with Crippen LogP contribution < -0.4 is 10.5 Å². The molecule has 0 aliphatic rings. The fourth-order valence-electron chi connectivity index (χ4n) is 1.29. The molecule has 2 N–H and O–H groups in total. The second-order valence-electron chi connectivity index (χ2n) is 3.15. The molecular formula is C12H10N2OS. The lowest BCUT2D eigenvalue weighted by Gasteiger charge is -2.09. The van der Waals surface area contributed by atoms with Gasteiger partial charge in [0, 0.05) is 6.20 Å². The van der Waals surface area contributed by atoms with Crippen LogP contribution in [0.1, 0.15) is 5.56 Å². The summed E-state index contributed by atoms with van der Waals surface area (Å²) in [6.07, 6.45) is 3.32. The minimum Gasteiger partial charge on any atom is -0.455 e. The van der Waals surface area contributed by atoms with Crippen LogP contribution in [0, 0.1) is 0 Å². The SMILES string of the molecule is NC(=S)c1ccccc1Oc1cccnc1. The fraction of sp³-hybridized carbons (Fsp3) is 0. The molecule has 0 fully saturated rings. The molecule has 0 unspecified atom stereocenters. The van der Waals surface area contributed by atoms with E-state index in [1.807, 2.05) is 30.3 Å². The zero-order valence-electron chi connectivity index (χ0n) is 8.46. The Labute approximate surface area is 98.9 Å². The Hall–Kier alpha value is -1.94. The van der Waals surface area contributed by atoms with Gasteiger partial charge in [-0.2, -0.15) is 0 Å². The summed E-state index contributed by atoms with van der Waals surface area (Å²) in [5.41, 5.74) is 6.33. The third-order valence-electron chi connectivity index (χ3n) is 2.01. The first-order valence-corrected chi connectivity index (χ1v) is 5.15. The topological polar surface area (TPSA) is 48.1 Å². The summed E-state index contributed by atoms with van der Waals surface area (Å²) in [5, 5.41) is 0. The van der Waals surface area contributed by atoms with Crippen LogP contribution >= 0.6 is 12.2 Å². The van der Waals surface area contributed by atoms with Crippen molar-refractivity contribution in [3.8, 4) is 11.5 Å². The number of thiocarbonyl (C=S) groups is 1. The van der Waals surface area contributed by atoms with Crippen LogP contribution in [0.2, 0.25) is 0 Å². The lowest BCUT2D eigenvalue weighted by molar-refractivity contribution is 0.479. The standard InChI is InChI=1S/C12H10N2OS/c13-12(16)10-5-1-2-6-11(10)15-9-4-3-7-14-8-9/h1-8H,(H2,13,16). The first-order chi connectivity index (χ1) is 7.77. The maximum absolute atomic E-state index is 5.64. The molecule has 0 aliphatic heterocycles. The summed E-state index contributed by atoms with van der Waals surface area (Å²) in [6.45, 7) is 0. The molecule has 80 valence electrons. The molecule has 0 aliphatic carbocycles. The Balaban J connectivity index is 2.31. The quantitative estimate of drug-likeness (QED) is 0.823. The number of rotatable bonds is 3. The van der Waals surface area contributed by atoms with E-state index in [-0.39, 0.29) is 0 Å². The Morgan fingerprint density at radius 1 is 1.19 bits per heavy atom. The molecule has 2 rings (SSSR count). The van der Waals surface area contributed by atoms with Gasteiger partial charge in [-0.3, -0.25) is 4.98 Å². The first kappa shape index (κ1) is 10.6. The van der Waals surface area contributed by atoms with E-state index < -0.39 is 0 Å². The molecule has 1 heterocycles. The number of hydrogen-bond donors (Lipinski definition) is 1. The van der Waals surface area contributed by atoms with E-state index in [0.717, 1.165) is 5.56 Å². The van der Waals surface area contributed by atoms with Gasteiger partial charge in [-0.15, -0.1) is 0 Å². The van der Waals surface area contributed by atoms with Crippen molar-refractivity contribution in [3.05, 3.63) is 54.4 Å². The second-order valence-corrected chi connectivity index (χ2v) is 3.59. The molecule has 0 spiro atoms. The molecule has 16 heavy (non-hydrogen) atoms. The molecule has 0 saturated carbocycles. The van der Waals surface area contributed by atoms with E-state index in [4.69, 9.17) is 22.7 Å².